The van der Waals surface area contributed by atoms with Gasteiger partial charge in [-0.05, 0) is 30.0 Å². The minimum atomic E-state index is -0.230. The Labute approximate surface area is 107 Å². The van der Waals surface area contributed by atoms with Crippen LogP contribution >= 0.6 is 0 Å². The standard InChI is InChI=1S/C14H18N2O2/c1-14(2,3)6-7-16-12(17)10-5-4-9(15)8-11(10)13(16)18/h4-5,8H,6-7,15H2,1-3H3. The van der Waals surface area contributed by atoms with Gasteiger partial charge in [0.2, 0.25) is 0 Å². The third kappa shape index (κ3) is 2.23. The molecule has 2 N–H and O–H groups in total. The number of imide groups is 1. The zero-order valence-electron chi connectivity index (χ0n) is 11.0. The van der Waals surface area contributed by atoms with E-state index in [1.807, 2.05) is 0 Å². The molecule has 0 bridgehead atoms. The number of hydrogen-bond donors (Lipinski definition) is 1. The number of carbonyl (C=O) groups excluding carboxylic acids is 2. The second-order valence-corrected chi connectivity index (χ2v) is 5.88. The Morgan fingerprint density at radius 2 is 1.72 bits per heavy atom. The fraction of sp³-hybridized carbons (Fsp3) is 0.429. The number of benzene rings is 1. The second kappa shape index (κ2) is 4.12. The second-order valence-electron chi connectivity index (χ2n) is 5.88. The van der Waals surface area contributed by atoms with Crippen LogP contribution in [-0.4, -0.2) is 23.3 Å². The number of nitrogens with two attached hydrogens (primary N) is 1. The molecule has 0 aromatic heterocycles. The van der Waals surface area contributed by atoms with Crippen molar-refractivity contribution in [2.45, 2.75) is 27.2 Å². The van der Waals surface area contributed by atoms with E-state index in [2.05, 4.69) is 20.8 Å². The smallest absolute Gasteiger partial charge is 0.261 e. The van der Waals surface area contributed by atoms with Crippen LogP contribution in [0.5, 0.6) is 0 Å². The molecule has 0 aliphatic carbocycles. The van der Waals surface area contributed by atoms with E-state index in [1.54, 1.807) is 18.2 Å². The first-order valence-electron chi connectivity index (χ1n) is 6.05. The third-order valence-electron chi connectivity index (χ3n) is 3.08. The summed E-state index contributed by atoms with van der Waals surface area (Å²) in [6, 6.07) is 4.85. The highest BCUT2D eigenvalue weighted by atomic mass is 16.2. The summed E-state index contributed by atoms with van der Waals surface area (Å²) < 4.78 is 0. The minimum Gasteiger partial charge on any atom is -0.399 e. The van der Waals surface area contributed by atoms with Crippen LogP contribution in [0.25, 0.3) is 0 Å². The van der Waals surface area contributed by atoms with Crippen LogP contribution in [0.4, 0.5) is 5.69 Å². The normalized spacial score (nSPS) is 15.2. The summed E-state index contributed by atoms with van der Waals surface area (Å²) in [4.78, 5) is 25.5. The van der Waals surface area contributed by atoms with E-state index in [9.17, 15) is 9.59 Å². The lowest BCUT2D eigenvalue weighted by Gasteiger charge is -2.21. The zero-order chi connectivity index (χ0) is 13.5. The first-order chi connectivity index (χ1) is 8.29. The Kier molecular flexibility index (Phi) is 2.89. The highest BCUT2D eigenvalue weighted by Gasteiger charge is 2.35. The SMILES string of the molecule is CC(C)(C)CCN1C(=O)c2ccc(N)cc2C1=O. The number of fused-ring (bicyclic) bond motifs is 1. The van der Waals surface area contributed by atoms with Crippen LogP contribution < -0.4 is 5.73 Å². The molecule has 18 heavy (non-hydrogen) atoms. The van der Waals surface area contributed by atoms with Gasteiger partial charge in [-0.1, -0.05) is 20.8 Å². The number of amides is 2. The van der Waals surface area contributed by atoms with Gasteiger partial charge >= 0.3 is 0 Å². The molecular formula is C14H18N2O2. The Hall–Kier alpha value is -1.84. The average Bonchev–Trinajstić information content (AvgIpc) is 2.48. The molecule has 1 aromatic carbocycles. The lowest BCUT2D eigenvalue weighted by atomic mass is 9.92. The van der Waals surface area contributed by atoms with E-state index in [0.29, 0.717) is 23.4 Å². The predicted octanol–water partition coefficient (Wildman–Crippen LogP) is 2.30. The van der Waals surface area contributed by atoms with Gasteiger partial charge in [0, 0.05) is 12.2 Å². The van der Waals surface area contributed by atoms with Crippen LogP contribution in [-0.2, 0) is 0 Å². The summed E-state index contributed by atoms with van der Waals surface area (Å²) in [5, 5.41) is 0. The first kappa shape index (κ1) is 12.6. The molecule has 0 saturated carbocycles. The number of nitrogens with zero attached hydrogens (tertiary/aromatic N) is 1. The Bertz CT molecular complexity index is 515. The highest BCUT2D eigenvalue weighted by Crippen LogP contribution is 2.27. The van der Waals surface area contributed by atoms with Crippen molar-refractivity contribution in [2.75, 3.05) is 12.3 Å². The van der Waals surface area contributed by atoms with Crippen LogP contribution in [0.1, 0.15) is 47.9 Å². The number of rotatable bonds is 2. The summed E-state index contributed by atoms with van der Waals surface area (Å²) in [6.45, 7) is 6.71. The molecule has 1 aromatic rings. The van der Waals surface area contributed by atoms with Gasteiger partial charge in [0.15, 0.2) is 0 Å². The van der Waals surface area contributed by atoms with Gasteiger partial charge in [0.25, 0.3) is 11.8 Å². The van der Waals surface area contributed by atoms with E-state index >= 15 is 0 Å². The minimum absolute atomic E-state index is 0.0916. The van der Waals surface area contributed by atoms with Crippen LogP contribution in [0, 0.1) is 5.41 Å². The van der Waals surface area contributed by atoms with Crippen molar-refractivity contribution in [1.29, 1.82) is 0 Å². The van der Waals surface area contributed by atoms with Gasteiger partial charge in [-0.15, -0.1) is 0 Å². The van der Waals surface area contributed by atoms with Gasteiger partial charge in [-0.25, -0.2) is 0 Å². The van der Waals surface area contributed by atoms with Gasteiger partial charge in [-0.2, -0.15) is 0 Å². The van der Waals surface area contributed by atoms with Gasteiger partial charge in [-0.3, -0.25) is 14.5 Å². The van der Waals surface area contributed by atoms with Crippen LogP contribution in [0.15, 0.2) is 18.2 Å². The number of hydrogen-bond acceptors (Lipinski definition) is 3. The maximum Gasteiger partial charge on any atom is 0.261 e. The van der Waals surface area contributed by atoms with E-state index in [-0.39, 0.29) is 17.2 Å². The van der Waals surface area contributed by atoms with E-state index in [4.69, 9.17) is 5.73 Å². The zero-order valence-corrected chi connectivity index (χ0v) is 11.0. The lowest BCUT2D eigenvalue weighted by molar-refractivity contribution is 0.0638. The Balaban J connectivity index is 2.23. The number of carbonyl (C=O) groups is 2. The fourth-order valence-electron chi connectivity index (χ4n) is 1.96. The molecule has 0 spiro atoms. The molecular weight excluding hydrogens is 228 g/mol. The summed E-state index contributed by atoms with van der Waals surface area (Å²) in [5.41, 5.74) is 7.13. The van der Waals surface area contributed by atoms with Crippen molar-refractivity contribution in [1.82, 2.24) is 4.90 Å². The molecule has 0 fully saturated rings. The molecule has 96 valence electrons. The Morgan fingerprint density at radius 1 is 1.11 bits per heavy atom. The summed E-state index contributed by atoms with van der Waals surface area (Å²) in [7, 11) is 0. The van der Waals surface area contributed by atoms with E-state index in [0.717, 1.165) is 6.42 Å². The molecule has 1 aliphatic rings. The topological polar surface area (TPSA) is 63.4 Å². The van der Waals surface area contributed by atoms with Crippen LogP contribution in [0.2, 0.25) is 0 Å². The summed E-state index contributed by atoms with van der Waals surface area (Å²) >= 11 is 0. The maximum absolute atomic E-state index is 12.1. The van der Waals surface area contributed by atoms with Crippen molar-refractivity contribution < 1.29 is 9.59 Å². The van der Waals surface area contributed by atoms with Crippen molar-refractivity contribution in [3.8, 4) is 0 Å². The monoisotopic (exact) mass is 246 g/mol. The highest BCUT2D eigenvalue weighted by molar-refractivity contribution is 6.21. The molecule has 0 atom stereocenters. The largest absolute Gasteiger partial charge is 0.399 e. The van der Waals surface area contributed by atoms with Crippen LogP contribution in [0.3, 0.4) is 0 Å². The van der Waals surface area contributed by atoms with Crippen molar-refractivity contribution in [3.63, 3.8) is 0 Å². The van der Waals surface area contributed by atoms with Crippen molar-refractivity contribution in [3.05, 3.63) is 29.3 Å². The predicted molar refractivity (Wildman–Crippen MR) is 70.3 cm³/mol. The molecule has 4 nitrogen and oxygen atoms in total. The Morgan fingerprint density at radius 3 is 2.33 bits per heavy atom. The van der Waals surface area contributed by atoms with E-state index in [1.165, 1.54) is 4.90 Å². The first-order valence-corrected chi connectivity index (χ1v) is 6.05. The lowest BCUT2D eigenvalue weighted by Crippen LogP contribution is -2.32. The average molecular weight is 246 g/mol. The molecule has 2 rings (SSSR count). The molecule has 4 heteroatoms. The third-order valence-corrected chi connectivity index (χ3v) is 3.08. The van der Waals surface area contributed by atoms with Crippen molar-refractivity contribution >= 4 is 17.5 Å². The molecule has 1 heterocycles. The van der Waals surface area contributed by atoms with Gasteiger partial charge in [0.05, 0.1) is 11.1 Å². The number of nitrogen functional groups attached to an aromatic ring is 1. The van der Waals surface area contributed by atoms with E-state index < -0.39 is 0 Å². The van der Waals surface area contributed by atoms with Gasteiger partial charge in [0.1, 0.15) is 0 Å². The van der Waals surface area contributed by atoms with Crippen molar-refractivity contribution in [2.24, 2.45) is 5.41 Å². The molecule has 2 amide bonds. The summed E-state index contributed by atoms with van der Waals surface area (Å²) in [5.74, 6) is -0.439. The molecule has 0 radical (unpaired) electrons. The molecule has 0 unspecified atom stereocenters. The molecule has 1 aliphatic heterocycles. The summed E-state index contributed by atoms with van der Waals surface area (Å²) in [6.07, 6.45) is 0.786. The maximum atomic E-state index is 12.1. The fourth-order valence-corrected chi connectivity index (χ4v) is 1.96. The number of anilines is 1. The quantitative estimate of drug-likeness (QED) is 0.643. The van der Waals surface area contributed by atoms with Gasteiger partial charge < -0.3 is 5.73 Å². The molecule has 0 saturated heterocycles.